The number of hydrogen-bond acceptors (Lipinski definition) is 2. The molecule has 0 aliphatic heterocycles. The summed E-state index contributed by atoms with van der Waals surface area (Å²) >= 11 is 1.83. The number of aryl methyl sites for hydroxylation is 1. The second-order valence-corrected chi connectivity index (χ2v) is 4.49. The Balaban J connectivity index is 2.51. The van der Waals surface area contributed by atoms with E-state index in [1.807, 2.05) is 43.0 Å². The number of rotatable bonds is 5. The average molecular weight is 210 g/mol. The Morgan fingerprint density at radius 1 is 1.36 bits per heavy atom. The predicted molar refractivity (Wildman–Crippen MR) is 63.8 cm³/mol. The fourth-order valence-electron chi connectivity index (χ4n) is 1.54. The Morgan fingerprint density at radius 2 is 2.07 bits per heavy atom. The normalized spacial score (nSPS) is 12.8. The maximum Gasteiger partial charge on any atom is 0.0792 e. The predicted octanol–water partition coefficient (Wildman–Crippen LogP) is 3.17. The monoisotopic (exact) mass is 210 g/mol. The zero-order chi connectivity index (χ0) is 10.4. The third-order valence-electron chi connectivity index (χ3n) is 2.37. The highest BCUT2D eigenvalue weighted by molar-refractivity contribution is 7.98. The Morgan fingerprint density at radius 3 is 2.71 bits per heavy atom. The van der Waals surface area contributed by atoms with Crippen LogP contribution >= 0.6 is 11.8 Å². The summed E-state index contributed by atoms with van der Waals surface area (Å²) in [5.41, 5.74) is 2.26. The van der Waals surface area contributed by atoms with Crippen molar-refractivity contribution >= 4 is 11.8 Å². The summed E-state index contributed by atoms with van der Waals surface area (Å²) in [7, 11) is 0. The molecule has 1 aromatic carbocycles. The van der Waals surface area contributed by atoms with Crippen LogP contribution < -0.4 is 0 Å². The Bertz CT molecular complexity index is 273. The van der Waals surface area contributed by atoms with E-state index in [4.69, 9.17) is 0 Å². The highest BCUT2D eigenvalue weighted by Crippen LogP contribution is 2.21. The molecule has 0 aliphatic rings. The molecule has 1 aromatic rings. The van der Waals surface area contributed by atoms with Crippen molar-refractivity contribution in [3.63, 3.8) is 0 Å². The minimum atomic E-state index is -0.289. The molecule has 0 saturated carbocycles. The van der Waals surface area contributed by atoms with Gasteiger partial charge in [0.2, 0.25) is 0 Å². The molecule has 0 amide bonds. The van der Waals surface area contributed by atoms with Crippen LogP contribution in [0.25, 0.3) is 0 Å². The lowest BCUT2D eigenvalue weighted by Crippen LogP contribution is -2.00. The molecule has 0 radical (unpaired) electrons. The third-order valence-corrected chi connectivity index (χ3v) is 3.07. The van der Waals surface area contributed by atoms with Gasteiger partial charge in [-0.25, -0.2) is 0 Å². The Labute approximate surface area is 90.5 Å². The maximum atomic E-state index is 9.92. The van der Waals surface area contributed by atoms with E-state index in [1.54, 1.807) is 0 Å². The summed E-state index contributed by atoms with van der Waals surface area (Å²) in [6.45, 7) is 2.05. The second kappa shape index (κ2) is 6.10. The molecule has 0 fully saturated rings. The lowest BCUT2D eigenvalue weighted by Gasteiger charge is -2.12. The summed E-state index contributed by atoms with van der Waals surface area (Å²) in [6.07, 6.45) is 3.76. The molecule has 0 aromatic heterocycles. The average Bonchev–Trinajstić information content (AvgIpc) is 2.18. The molecule has 1 unspecified atom stereocenters. The van der Waals surface area contributed by atoms with Crippen molar-refractivity contribution in [3.05, 3.63) is 35.4 Å². The van der Waals surface area contributed by atoms with Crippen molar-refractivity contribution < 1.29 is 5.11 Å². The summed E-state index contributed by atoms with van der Waals surface area (Å²) < 4.78 is 0. The van der Waals surface area contributed by atoms with Gasteiger partial charge in [-0.3, -0.25) is 0 Å². The first-order valence-corrected chi connectivity index (χ1v) is 6.37. The Kier molecular flexibility index (Phi) is 5.05. The number of aliphatic hydroxyl groups excluding tert-OH is 1. The quantitative estimate of drug-likeness (QED) is 0.753. The second-order valence-electron chi connectivity index (χ2n) is 3.51. The van der Waals surface area contributed by atoms with Gasteiger partial charge in [-0.05, 0) is 42.9 Å². The van der Waals surface area contributed by atoms with E-state index in [1.165, 1.54) is 5.56 Å². The summed E-state index contributed by atoms with van der Waals surface area (Å²) in [4.78, 5) is 0. The molecule has 1 nitrogen and oxygen atoms in total. The molecule has 0 bridgehead atoms. The number of thioether (sulfide) groups is 1. The topological polar surface area (TPSA) is 20.2 Å². The van der Waals surface area contributed by atoms with Crippen LogP contribution in [0, 0.1) is 6.92 Å². The van der Waals surface area contributed by atoms with E-state index in [2.05, 4.69) is 6.26 Å². The lowest BCUT2D eigenvalue weighted by atomic mass is 10.0. The third kappa shape index (κ3) is 3.35. The van der Waals surface area contributed by atoms with Crippen LogP contribution in [0.15, 0.2) is 24.3 Å². The minimum Gasteiger partial charge on any atom is -0.388 e. The van der Waals surface area contributed by atoms with Crippen molar-refractivity contribution in [3.8, 4) is 0 Å². The smallest absolute Gasteiger partial charge is 0.0792 e. The first-order chi connectivity index (χ1) is 6.75. The van der Waals surface area contributed by atoms with Crippen molar-refractivity contribution in [2.45, 2.75) is 25.9 Å². The minimum absolute atomic E-state index is 0.289. The molecule has 78 valence electrons. The molecule has 0 spiro atoms. The first kappa shape index (κ1) is 11.6. The van der Waals surface area contributed by atoms with E-state index in [0.717, 1.165) is 24.2 Å². The molecule has 1 rings (SSSR count). The van der Waals surface area contributed by atoms with Crippen molar-refractivity contribution in [1.82, 2.24) is 0 Å². The zero-order valence-corrected chi connectivity index (χ0v) is 9.68. The van der Waals surface area contributed by atoms with Gasteiger partial charge in [0.25, 0.3) is 0 Å². The number of hydrogen-bond donors (Lipinski definition) is 1. The Hall–Kier alpha value is -0.470. The molecule has 1 atom stereocenters. The highest BCUT2D eigenvalue weighted by Gasteiger charge is 2.08. The van der Waals surface area contributed by atoms with Gasteiger partial charge in [0.15, 0.2) is 0 Å². The van der Waals surface area contributed by atoms with Crippen LogP contribution in [0.4, 0.5) is 0 Å². The van der Waals surface area contributed by atoms with E-state index < -0.39 is 0 Å². The van der Waals surface area contributed by atoms with E-state index in [-0.39, 0.29) is 6.10 Å². The van der Waals surface area contributed by atoms with Gasteiger partial charge in [-0.1, -0.05) is 24.3 Å². The van der Waals surface area contributed by atoms with E-state index >= 15 is 0 Å². The van der Waals surface area contributed by atoms with Crippen LogP contribution in [-0.4, -0.2) is 17.1 Å². The van der Waals surface area contributed by atoms with Crippen LogP contribution in [0.2, 0.25) is 0 Å². The number of benzene rings is 1. The van der Waals surface area contributed by atoms with Gasteiger partial charge < -0.3 is 5.11 Å². The molecule has 14 heavy (non-hydrogen) atoms. The van der Waals surface area contributed by atoms with Gasteiger partial charge in [0.05, 0.1) is 6.10 Å². The summed E-state index contributed by atoms with van der Waals surface area (Å²) in [6, 6.07) is 8.06. The van der Waals surface area contributed by atoms with Crippen LogP contribution in [0.5, 0.6) is 0 Å². The van der Waals surface area contributed by atoms with Crippen molar-refractivity contribution in [2.24, 2.45) is 0 Å². The molecule has 2 heteroatoms. The molecule has 0 aliphatic carbocycles. The van der Waals surface area contributed by atoms with Gasteiger partial charge in [0, 0.05) is 0 Å². The highest BCUT2D eigenvalue weighted by atomic mass is 32.2. The van der Waals surface area contributed by atoms with Crippen molar-refractivity contribution in [2.75, 3.05) is 12.0 Å². The summed E-state index contributed by atoms with van der Waals surface area (Å²) in [5.74, 6) is 1.13. The number of aliphatic hydroxyl groups is 1. The van der Waals surface area contributed by atoms with Gasteiger partial charge in [-0.2, -0.15) is 11.8 Å². The zero-order valence-electron chi connectivity index (χ0n) is 8.86. The SMILES string of the molecule is CSCCCC(O)c1ccccc1C. The van der Waals surface area contributed by atoms with Crippen LogP contribution in [-0.2, 0) is 0 Å². The fourth-order valence-corrected chi connectivity index (χ4v) is 1.99. The largest absolute Gasteiger partial charge is 0.388 e. The molecule has 1 N–H and O–H groups in total. The maximum absolute atomic E-state index is 9.92. The molecule has 0 heterocycles. The first-order valence-electron chi connectivity index (χ1n) is 4.98. The van der Waals surface area contributed by atoms with E-state index in [9.17, 15) is 5.11 Å². The molecule has 0 saturated heterocycles. The summed E-state index contributed by atoms with van der Waals surface area (Å²) in [5, 5.41) is 9.92. The van der Waals surface area contributed by atoms with Gasteiger partial charge in [0.1, 0.15) is 0 Å². The van der Waals surface area contributed by atoms with E-state index in [0.29, 0.717) is 0 Å². The van der Waals surface area contributed by atoms with Gasteiger partial charge >= 0.3 is 0 Å². The molecular formula is C12H18OS. The van der Waals surface area contributed by atoms with Crippen molar-refractivity contribution in [1.29, 1.82) is 0 Å². The van der Waals surface area contributed by atoms with Crippen LogP contribution in [0.3, 0.4) is 0 Å². The van der Waals surface area contributed by atoms with Gasteiger partial charge in [-0.15, -0.1) is 0 Å². The van der Waals surface area contributed by atoms with Crippen LogP contribution in [0.1, 0.15) is 30.1 Å². The lowest BCUT2D eigenvalue weighted by molar-refractivity contribution is 0.166. The fraction of sp³-hybridized carbons (Fsp3) is 0.500. The molecular weight excluding hydrogens is 192 g/mol. The standard InChI is InChI=1S/C12H18OS/c1-10-6-3-4-7-11(10)12(13)8-5-9-14-2/h3-4,6-7,12-13H,5,8-9H2,1-2H3.